The SMILES string of the molecule is CCCC1NC(=O)N(CC(C)CCl)C1=O. The van der Waals surface area contributed by atoms with Gasteiger partial charge in [-0.1, -0.05) is 20.3 Å². The first kappa shape index (κ1) is 12.3. The van der Waals surface area contributed by atoms with Crippen LogP contribution in [0.1, 0.15) is 26.7 Å². The number of nitrogens with zero attached hydrogens (tertiary/aromatic N) is 1. The van der Waals surface area contributed by atoms with Gasteiger partial charge in [0.15, 0.2) is 0 Å². The number of alkyl halides is 1. The molecule has 2 unspecified atom stereocenters. The second-order valence-corrected chi connectivity index (χ2v) is 4.31. The molecule has 1 aliphatic heterocycles. The van der Waals surface area contributed by atoms with Gasteiger partial charge in [0.2, 0.25) is 0 Å². The summed E-state index contributed by atoms with van der Waals surface area (Å²) in [5.74, 6) is 0.482. The van der Waals surface area contributed by atoms with Crippen LogP contribution in [-0.2, 0) is 4.79 Å². The summed E-state index contributed by atoms with van der Waals surface area (Å²) in [4.78, 5) is 24.5. The van der Waals surface area contributed by atoms with E-state index in [0.29, 0.717) is 18.8 Å². The van der Waals surface area contributed by atoms with Gasteiger partial charge in [-0.2, -0.15) is 0 Å². The molecule has 0 spiro atoms. The predicted octanol–water partition coefficient (Wildman–Crippen LogP) is 1.58. The Bertz CT molecular complexity index is 258. The number of carbonyl (C=O) groups excluding carboxylic acids is 2. The normalized spacial score (nSPS) is 23.1. The number of halogens is 1. The molecule has 0 aromatic carbocycles. The number of imide groups is 1. The Morgan fingerprint density at radius 1 is 1.53 bits per heavy atom. The number of urea groups is 1. The first-order valence-electron chi connectivity index (χ1n) is 5.28. The van der Waals surface area contributed by atoms with E-state index < -0.39 is 0 Å². The molecular formula is C10H17ClN2O2. The van der Waals surface area contributed by atoms with Gasteiger partial charge in [-0.3, -0.25) is 9.69 Å². The second kappa shape index (κ2) is 5.35. The summed E-state index contributed by atoms with van der Waals surface area (Å²) in [6, 6.07) is -0.611. The van der Waals surface area contributed by atoms with Gasteiger partial charge in [-0.05, 0) is 12.3 Å². The minimum absolute atomic E-state index is 0.112. The molecule has 86 valence electrons. The highest BCUT2D eigenvalue weighted by Crippen LogP contribution is 2.13. The molecule has 0 aromatic heterocycles. The van der Waals surface area contributed by atoms with E-state index in [1.807, 2.05) is 13.8 Å². The number of amides is 3. The third kappa shape index (κ3) is 2.84. The van der Waals surface area contributed by atoms with E-state index in [4.69, 9.17) is 11.6 Å². The van der Waals surface area contributed by atoms with Crippen LogP contribution in [0, 0.1) is 5.92 Å². The summed E-state index contributed by atoms with van der Waals surface area (Å²) in [5, 5.41) is 2.68. The van der Waals surface area contributed by atoms with Crippen molar-refractivity contribution < 1.29 is 9.59 Å². The molecule has 2 atom stereocenters. The summed E-state index contributed by atoms with van der Waals surface area (Å²) in [6.45, 7) is 4.32. The highest BCUT2D eigenvalue weighted by atomic mass is 35.5. The van der Waals surface area contributed by atoms with Gasteiger partial charge < -0.3 is 5.32 Å². The first-order chi connectivity index (χ1) is 7.10. The second-order valence-electron chi connectivity index (χ2n) is 4.00. The van der Waals surface area contributed by atoms with Crippen molar-refractivity contribution in [3.05, 3.63) is 0 Å². The molecule has 1 rings (SSSR count). The van der Waals surface area contributed by atoms with Crippen molar-refractivity contribution in [3.63, 3.8) is 0 Å². The maximum absolute atomic E-state index is 11.8. The van der Waals surface area contributed by atoms with Gasteiger partial charge in [-0.15, -0.1) is 11.6 Å². The Hall–Kier alpha value is -0.770. The molecule has 0 radical (unpaired) electrons. The van der Waals surface area contributed by atoms with Crippen LogP contribution in [0.3, 0.4) is 0 Å². The Morgan fingerprint density at radius 2 is 2.20 bits per heavy atom. The molecular weight excluding hydrogens is 216 g/mol. The molecule has 15 heavy (non-hydrogen) atoms. The van der Waals surface area contributed by atoms with Gasteiger partial charge in [-0.25, -0.2) is 4.79 Å². The first-order valence-corrected chi connectivity index (χ1v) is 5.81. The molecule has 1 N–H and O–H groups in total. The third-order valence-electron chi connectivity index (χ3n) is 2.44. The van der Waals surface area contributed by atoms with Crippen LogP contribution >= 0.6 is 11.6 Å². The molecule has 5 heteroatoms. The average molecular weight is 233 g/mol. The Kier molecular flexibility index (Phi) is 4.39. The quantitative estimate of drug-likeness (QED) is 0.578. The molecule has 1 heterocycles. The van der Waals surface area contributed by atoms with Crippen LogP contribution in [-0.4, -0.2) is 35.3 Å². The van der Waals surface area contributed by atoms with Crippen LogP contribution in [0.25, 0.3) is 0 Å². The Labute approximate surface area is 95.0 Å². The van der Waals surface area contributed by atoms with Gasteiger partial charge in [0.25, 0.3) is 5.91 Å². The minimum atomic E-state index is -0.329. The number of hydrogen-bond donors (Lipinski definition) is 1. The standard InChI is InChI=1S/C10H17ClN2O2/c1-3-4-8-9(14)13(10(15)12-8)6-7(2)5-11/h7-8H,3-6H2,1-2H3,(H,12,15). The number of rotatable bonds is 5. The van der Waals surface area contributed by atoms with Crippen molar-refractivity contribution in [3.8, 4) is 0 Å². The monoisotopic (exact) mass is 232 g/mol. The van der Waals surface area contributed by atoms with Crippen LogP contribution in [0.5, 0.6) is 0 Å². The highest BCUT2D eigenvalue weighted by Gasteiger charge is 2.37. The molecule has 0 aromatic rings. The lowest BCUT2D eigenvalue weighted by Crippen LogP contribution is -2.35. The Balaban J connectivity index is 2.58. The third-order valence-corrected chi connectivity index (χ3v) is 2.97. The fraction of sp³-hybridized carbons (Fsp3) is 0.800. The molecule has 0 bridgehead atoms. The zero-order valence-electron chi connectivity index (χ0n) is 9.12. The van der Waals surface area contributed by atoms with E-state index in [1.165, 1.54) is 4.90 Å². The largest absolute Gasteiger partial charge is 0.326 e. The lowest BCUT2D eigenvalue weighted by atomic mass is 10.1. The van der Waals surface area contributed by atoms with Crippen molar-refractivity contribution in [1.82, 2.24) is 10.2 Å². The summed E-state index contributed by atoms with van der Waals surface area (Å²) < 4.78 is 0. The number of nitrogens with one attached hydrogen (secondary N) is 1. The van der Waals surface area contributed by atoms with E-state index in [1.54, 1.807) is 0 Å². The summed E-state index contributed by atoms with van der Waals surface area (Å²) in [7, 11) is 0. The van der Waals surface area contributed by atoms with Crippen molar-refractivity contribution >= 4 is 23.5 Å². The lowest BCUT2D eigenvalue weighted by molar-refractivity contribution is -0.127. The fourth-order valence-corrected chi connectivity index (χ4v) is 1.69. The number of hydrogen-bond acceptors (Lipinski definition) is 2. The zero-order valence-corrected chi connectivity index (χ0v) is 9.88. The van der Waals surface area contributed by atoms with Gasteiger partial charge in [0, 0.05) is 12.4 Å². The van der Waals surface area contributed by atoms with E-state index in [0.717, 1.165) is 6.42 Å². The lowest BCUT2D eigenvalue weighted by Gasteiger charge is -2.16. The van der Waals surface area contributed by atoms with Crippen molar-refractivity contribution in [2.45, 2.75) is 32.7 Å². The van der Waals surface area contributed by atoms with E-state index in [-0.39, 0.29) is 23.9 Å². The highest BCUT2D eigenvalue weighted by molar-refractivity contribution is 6.18. The van der Waals surface area contributed by atoms with Crippen molar-refractivity contribution in [1.29, 1.82) is 0 Å². The molecule has 4 nitrogen and oxygen atoms in total. The van der Waals surface area contributed by atoms with Crippen LogP contribution in [0.15, 0.2) is 0 Å². The van der Waals surface area contributed by atoms with E-state index in [2.05, 4.69) is 5.32 Å². The van der Waals surface area contributed by atoms with E-state index >= 15 is 0 Å². The fourth-order valence-electron chi connectivity index (χ4n) is 1.59. The smallest absolute Gasteiger partial charge is 0.324 e. The molecule has 1 fully saturated rings. The maximum atomic E-state index is 11.8. The molecule has 0 aliphatic carbocycles. The van der Waals surface area contributed by atoms with Crippen LogP contribution in [0.2, 0.25) is 0 Å². The number of carbonyl (C=O) groups is 2. The predicted molar refractivity (Wildman–Crippen MR) is 58.8 cm³/mol. The molecule has 1 aliphatic rings. The molecule has 3 amide bonds. The summed E-state index contributed by atoms with van der Waals surface area (Å²) in [5.41, 5.74) is 0. The summed E-state index contributed by atoms with van der Waals surface area (Å²) >= 11 is 5.65. The average Bonchev–Trinajstić information content (AvgIpc) is 2.46. The van der Waals surface area contributed by atoms with Gasteiger partial charge >= 0.3 is 6.03 Å². The summed E-state index contributed by atoms with van der Waals surface area (Å²) in [6.07, 6.45) is 1.59. The molecule has 1 saturated heterocycles. The maximum Gasteiger partial charge on any atom is 0.324 e. The topological polar surface area (TPSA) is 49.4 Å². The van der Waals surface area contributed by atoms with Crippen LogP contribution in [0.4, 0.5) is 4.79 Å². The Morgan fingerprint density at radius 3 is 2.73 bits per heavy atom. The minimum Gasteiger partial charge on any atom is -0.326 e. The van der Waals surface area contributed by atoms with Gasteiger partial charge in [0.1, 0.15) is 6.04 Å². The molecule has 0 saturated carbocycles. The van der Waals surface area contributed by atoms with Gasteiger partial charge in [0.05, 0.1) is 0 Å². The zero-order chi connectivity index (χ0) is 11.4. The van der Waals surface area contributed by atoms with Crippen molar-refractivity contribution in [2.75, 3.05) is 12.4 Å². The van der Waals surface area contributed by atoms with Crippen LogP contribution < -0.4 is 5.32 Å². The van der Waals surface area contributed by atoms with E-state index in [9.17, 15) is 9.59 Å². The van der Waals surface area contributed by atoms with Crippen molar-refractivity contribution in [2.24, 2.45) is 5.92 Å².